The van der Waals surface area contributed by atoms with Crippen molar-refractivity contribution in [2.45, 2.75) is 45.4 Å². The Kier molecular flexibility index (Phi) is 4.25. The van der Waals surface area contributed by atoms with Crippen molar-refractivity contribution >= 4 is 0 Å². The average molecular weight is 285 g/mol. The van der Waals surface area contributed by atoms with Gasteiger partial charge in [-0.05, 0) is 56.5 Å². The van der Waals surface area contributed by atoms with Crippen LogP contribution in [0.25, 0.3) is 0 Å². The molecule has 0 bridgehead atoms. The summed E-state index contributed by atoms with van der Waals surface area (Å²) in [7, 11) is 2.04. The van der Waals surface area contributed by atoms with Gasteiger partial charge in [-0.15, -0.1) is 0 Å². The van der Waals surface area contributed by atoms with Gasteiger partial charge in [-0.1, -0.05) is 6.07 Å². The first-order valence-corrected chi connectivity index (χ1v) is 7.74. The fourth-order valence-corrected chi connectivity index (χ4v) is 3.00. The van der Waals surface area contributed by atoms with E-state index < -0.39 is 0 Å². The van der Waals surface area contributed by atoms with Crippen LogP contribution >= 0.6 is 0 Å². The SMILES string of the molecule is CCn1cc(COc2ccc3c(c2)CCCC3NC)cn1. The summed E-state index contributed by atoms with van der Waals surface area (Å²) in [6.07, 6.45) is 7.53. The third kappa shape index (κ3) is 3.10. The molecule has 0 aliphatic heterocycles. The molecule has 0 amide bonds. The van der Waals surface area contributed by atoms with Gasteiger partial charge < -0.3 is 10.1 Å². The van der Waals surface area contributed by atoms with Gasteiger partial charge in [-0.25, -0.2) is 0 Å². The van der Waals surface area contributed by atoms with Crippen molar-refractivity contribution in [1.29, 1.82) is 0 Å². The third-order valence-electron chi connectivity index (χ3n) is 4.19. The van der Waals surface area contributed by atoms with Gasteiger partial charge >= 0.3 is 0 Å². The largest absolute Gasteiger partial charge is 0.489 e. The van der Waals surface area contributed by atoms with Crippen LogP contribution in [0.3, 0.4) is 0 Å². The summed E-state index contributed by atoms with van der Waals surface area (Å²) >= 11 is 0. The predicted molar refractivity (Wildman–Crippen MR) is 83.4 cm³/mol. The van der Waals surface area contributed by atoms with Crippen LogP contribution in [0, 0.1) is 0 Å². The summed E-state index contributed by atoms with van der Waals surface area (Å²) in [5.41, 5.74) is 3.96. The highest BCUT2D eigenvalue weighted by atomic mass is 16.5. The second-order valence-electron chi connectivity index (χ2n) is 5.59. The molecule has 1 aromatic heterocycles. The number of rotatable bonds is 5. The molecular formula is C17H23N3O. The minimum Gasteiger partial charge on any atom is -0.489 e. The lowest BCUT2D eigenvalue weighted by Gasteiger charge is -2.25. The van der Waals surface area contributed by atoms with Crippen molar-refractivity contribution in [3.05, 3.63) is 47.3 Å². The van der Waals surface area contributed by atoms with E-state index in [0.29, 0.717) is 12.6 Å². The molecule has 1 aliphatic carbocycles. The fraction of sp³-hybridized carbons (Fsp3) is 0.471. The van der Waals surface area contributed by atoms with Gasteiger partial charge in [0.15, 0.2) is 0 Å². The molecule has 1 aliphatic rings. The Morgan fingerprint density at radius 3 is 3.10 bits per heavy atom. The van der Waals surface area contributed by atoms with Crippen LogP contribution in [-0.4, -0.2) is 16.8 Å². The summed E-state index contributed by atoms with van der Waals surface area (Å²) in [4.78, 5) is 0. The van der Waals surface area contributed by atoms with Gasteiger partial charge in [0.2, 0.25) is 0 Å². The van der Waals surface area contributed by atoms with E-state index in [1.165, 1.54) is 24.0 Å². The molecule has 0 radical (unpaired) electrons. The zero-order valence-electron chi connectivity index (χ0n) is 12.8. The molecule has 2 aromatic rings. The number of aryl methyl sites for hydroxylation is 2. The Morgan fingerprint density at radius 1 is 1.43 bits per heavy atom. The molecule has 0 spiro atoms. The van der Waals surface area contributed by atoms with E-state index in [4.69, 9.17) is 4.74 Å². The minimum atomic E-state index is 0.491. The highest BCUT2D eigenvalue weighted by Gasteiger charge is 2.18. The summed E-state index contributed by atoms with van der Waals surface area (Å²) in [5.74, 6) is 0.953. The number of hydrogen-bond donors (Lipinski definition) is 1. The maximum atomic E-state index is 5.91. The lowest BCUT2D eigenvalue weighted by atomic mass is 9.87. The summed E-state index contributed by atoms with van der Waals surface area (Å²) in [5, 5.41) is 7.66. The quantitative estimate of drug-likeness (QED) is 0.917. The van der Waals surface area contributed by atoms with Crippen LogP contribution in [0.4, 0.5) is 0 Å². The van der Waals surface area contributed by atoms with Crippen LogP contribution in [0.15, 0.2) is 30.6 Å². The van der Waals surface area contributed by atoms with Crippen molar-refractivity contribution in [2.75, 3.05) is 7.05 Å². The van der Waals surface area contributed by atoms with Crippen molar-refractivity contribution in [1.82, 2.24) is 15.1 Å². The van der Waals surface area contributed by atoms with Crippen molar-refractivity contribution in [2.24, 2.45) is 0 Å². The molecule has 1 N–H and O–H groups in total. The Bertz CT molecular complexity index is 606. The van der Waals surface area contributed by atoms with E-state index in [-0.39, 0.29) is 0 Å². The molecule has 0 fully saturated rings. The van der Waals surface area contributed by atoms with Gasteiger partial charge in [-0.3, -0.25) is 4.68 Å². The molecule has 112 valence electrons. The molecule has 21 heavy (non-hydrogen) atoms. The van der Waals surface area contributed by atoms with Crippen molar-refractivity contribution in [3.8, 4) is 5.75 Å². The molecule has 0 saturated carbocycles. The van der Waals surface area contributed by atoms with Crippen LogP contribution in [0.5, 0.6) is 5.75 Å². The van der Waals surface area contributed by atoms with E-state index in [0.717, 1.165) is 24.3 Å². The lowest BCUT2D eigenvalue weighted by Crippen LogP contribution is -2.21. The number of hydrogen-bond acceptors (Lipinski definition) is 3. The Morgan fingerprint density at radius 2 is 2.33 bits per heavy atom. The minimum absolute atomic E-state index is 0.491. The molecule has 0 saturated heterocycles. The molecule has 4 heteroatoms. The fourth-order valence-electron chi connectivity index (χ4n) is 3.00. The van der Waals surface area contributed by atoms with Gasteiger partial charge in [0.1, 0.15) is 12.4 Å². The number of nitrogens with one attached hydrogen (secondary N) is 1. The topological polar surface area (TPSA) is 39.1 Å². The third-order valence-corrected chi connectivity index (χ3v) is 4.19. The summed E-state index contributed by atoms with van der Waals surface area (Å²) in [6.45, 7) is 3.55. The zero-order valence-corrected chi connectivity index (χ0v) is 12.8. The molecule has 4 nitrogen and oxygen atoms in total. The van der Waals surface area contributed by atoms with Gasteiger partial charge in [0, 0.05) is 24.3 Å². The molecule has 1 heterocycles. The second kappa shape index (κ2) is 6.31. The van der Waals surface area contributed by atoms with Crippen LogP contribution in [-0.2, 0) is 19.6 Å². The smallest absolute Gasteiger partial charge is 0.120 e. The van der Waals surface area contributed by atoms with Crippen molar-refractivity contribution < 1.29 is 4.74 Å². The Labute approximate surface area is 126 Å². The predicted octanol–water partition coefficient (Wildman–Crippen LogP) is 3.08. The van der Waals surface area contributed by atoms with Crippen LogP contribution in [0.2, 0.25) is 0 Å². The molecule has 1 aromatic carbocycles. The number of ether oxygens (including phenoxy) is 1. The standard InChI is InChI=1S/C17H23N3O/c1-3-20-11-13(10-19-20)12-21-15-7-8-16-14(9-15)5-4-6-17(16)18-2/h7-11,17-18H,3-6,12H2,1-2H3. The number of fused-ring (bicyclic) bond motifs is 1. The first-order chi connectivity index (χ1) is 10.3. The first kappa shape index (κ1) is 14.1. The lowest BCUT2D eigenvalue weighted by molar-refractivity contribution is 0.305. The highest BCUT2D eigenvalue weighted by Crippen LogP contribution is 2.32. The van der Waals surface area contributed by atoms with Crippen molar-refractivity contribution in [3.63, 3.8) is 0 Å². The van der Waals surface area contributed by atoms with Gasteiger partial charge in [0.05, 0.1) is 6.20 Å². The van der Waals surface area contributed by atoms with E-state index in [1.807, 2.05) is 24.1 Å². The average Bonchev–Trinajstić information content (AvgIpc) is 3.00. The van der Waals surface area contributed by atoms with E-state index in [2.05, 4.69) is 35.5 Å². The normalized spacial score (nSPS) is 17.5. The van der Waals surface area contributed by atoms with Crippen LogP contribution < -0.4 is 10.1 Å². The first-order valence-electron chi connectivity index (χ1n) is 7.74. The molecule has 1 unspecified atom stereocenters. The number of benzene rings is 1. The maximum Gasteiger partial charge on any atom is 0.120 e. The van der Waals surface area contributed by atoms with E-state index in [1.54, 1.807) is 0 Å². The van der Waals surface area contributed by atoms with Gasteiger partial charge in [0.25, 0.3) is 0 Å². The monoisotopic (exact) mass is 285 g/mol. The molecule has 3 rings (SSSR count). The van der Waals surface area contributed by atoms with E-state index >= 15 is 0 Å². The van der Waals surface area contributed by atoms with Crippen LogP contribution in [0.1, 0.15) is 42.5 Å². The zero-order chi connectivity index (χ0) is 14.7. The Hall–Kier alpha value is -1.81. The maximum absolute atomic E-state index is 5.91. The molecule has 1 atom stereocenters. The summed E-state index contributed by atoms with van der Waals surface area (Å²) in [6, 6.07) is 6.98. The van der Waals surface area contributed by atoms with E-state index in [9.17, 15) is 0 Å². The molecular weight excluding hydrogens is 262 g/mol. The number of aromatic nitrogens is 2. The highest BCUT2D eigenvalue weighted by molar-refractivity contribution is 5.39. The number of nitrogens with zero attached hydrogens (tertiary/aromatic N) is 2. The summed E-state index contributed by atoms with van der Waals surface area (Å²) < 4.78 is 7.83. The van der Waals surface area contributed by atoms with Gasteiger partial charge in [-0.2, -0.15) is 5.10 Å². The Balaban J connectivity index is 1.69. The second-order valence-corrected chi connectivity index (χ2v) is 5.59.